The third-order valence-corrected chi connectivity index (χ3v) is 10.4. The van der Waals surface area contributed by atoms with Gasteiger partial charge in [0.2, 0.25) is 5.78 Å². The highest BCUT2D eigenvalue weighted by Gasteiger charge is 2.68. The molecule has 0 bridgehead atoms. The summed E-state index contributed by atoms with van der Waals surface area (Å²) in [6.45, 7) is 5.26. The summed E-state index contributed by atoms with van der Waals surface area (Å²) in [5.74, 6) is -2.45. The number of aliphatic carboxylic acids is 1. The molecule has 3 N–H and O–H groups in total. The van der Waals surface area contributed by atoms with Crippen LogP contribution >= 0.6 is 0 Å². The van der Waals surface area contributed by atoms with E-state index in [1.54, 1.807) is 13.0 Å². The number of esters is 1. The number of aliphatic hydroxyl groups excluding tert-OH is 1. The molecule has 8 nitrogen and oxygen atoms in total. The van der Waals surface area contributed by atoms with Gasteiger partial charge in [0.15, 0.2) is 12.4 Å². The van der Waals surface area contributed by atoms with Gasteiger partial charge in [-0.15, -0.1) is 0 Å². The average Bonchev–Trinajstić information content (AvgIpc) is 3.09. The summed E-state index contributed by atoms with van der Waals surface area (Å²) in [5.41, 5.74) is -1.66. The molecule has 4 rings (SSSR count). The van der Waals surface area contributed by atoms with E-state index < -0.39 is 47.4 Å². The highest BCUT2D eigenvalue weighted by molar-refractivity contribution is 5.92. The zero-order valence-electron chi connectivity index (χ0n) is 21.6. The van der Waals surface area contributed by atoms with Gasteiger partial charge in [-0.3, -0.25) is 19.2 Å². The van der Waals surface area contributed by atoms with Gasteiger partial charge in [0.05, 0.1) is 12.0 Å². The first-order valence-corrected chi connectivity index (χ1v) is 13.4. The number of Topliss-reactive ketones (excluding diaryl/α,β-unsaturated/α-hetero) is 1. The first-order valence-electron chi connectivity index (χ1n) is 13.4. The number of rotatable bonds is 8. The number of carbonyl (C=O) groups is 4. The van der Waals surface area contributed by atoms with Gasteiger partial charge in [-0.1, -0.05) is 26.3 Å². The van der Waals surface area contributed by atoms with Crippen molar-refractivity contribution in [3.8, 4) is 0 Å². The van der Waals surface area contributed by atoms with E-state index in [2.05, 4.69) is 6.92 Å². The van der Waals surface area contributed by atoms with Crippen molar-refractivity contribution >= 4 is 23.5 Å². The summed E-state index contributed by atoms with van der Waals surface area (Å²) in [6.07, 6.45) is 5.47. The molecule has 3 fully saturated rings. The standard InChI is InChI=1S/C28H40O8/c1-4-16(5-8-23(32)33)25(34)36-15-22(31)28(35)12-10-20-19-7-6-17-13-18(29)9-11-26(17,2)24(19)21(30)14-27(20,28)3/h13,16,19-21,24,30,35H,4-12,14-15H2,1-3H3,(H,32,33)/t16?,19-,20-,21-,24+,26-,27-,28-/m0/s1. The fourth-order valence-corrected chi connectivity index (χ4v) is 8.31. The van der Waals surface area contributed by atoms with Crippen molar-refractivity contribution in [1.82, 2.24) is 0 Å². The van der Waals surface area contributed by atoms with Crippen LogP contribution in [0.4, 0.5) is 0 Å². The first-order chi connectivity index (χ1) is 16.9. The molecule has 0 aromatic heterocycles. The molecule has 0 saturated heterocycles. The predicted octanol–water partition coefficient (Wildman–Crippen LogP) is 3.22. The maximum Gasteiger partial charge on any atom is 0.309 e. The number of carbonyl (C=O) groups excluding carboxylic acids is 3. The van der Waals surface area contributed by atoms with Crippen LogP contribution in [-0.4, -0.2) is 57.1 Å². The molecular formula is C28H40O8. The molecule has 0 radical (unpaired) electrons. The summed E-state index contributed by atoms with van der Waals surface area (Å²) in [5, 5.41) is 32.1. The molecule has 0 spiro atoms. The molecule has 4 aliphatic carbocycles. The maximum atomic E-state index is 13.4. The van der Waals surface area contributed by atoms with Gasteiger partial charge in [-0.2, -0.15) is 0 Å². The molecule has 0 heterocycles. The van der Waals surface area contributed by atoms with Gasteiger partial charge in [0.25, 0.3) is 0 Å². The monoisotopic (exact) mass is 504 g/mol. The van der Waals surface area contributed by atoms with Crippen LogP contribution in [0, 0.1) is 34.5 Å². The van der Waals surface area contributed by atoms with E-state index in [0.29, 0.717) is 19.3 Å². The molecule has 0 aromatic rings. The lowest BCUT2D eigenvalue weighted by Crippen LogP contribution is -2.62. The summed E-state index contributed by atoms with van der Waals surface area (Å²) >= 11 is 0. The molecular weight excluding hydrogens is 464 g/mol. The van der Waals surface area contributed by atoms with Crippen LogP contribution in [0.5, 0.6) is 0 Å². The van der Waals surface area contributed by atoms with Crippen molar-refractivity contribution < 1.29 is 39.2 Å². The third-order valence-electron chi connectivity index (χ3n) is 10.4. The van der Waals surface area contributed by atoms with Crippen molar-refractivity contribution in [2.24, 2.45) is 34.5 Å². The molecule has 3 saturated carbocycles. The Kier molecular flexibility index (Phi) is 7.25. The Hall–Kier alpha value is -2.06. The Morgan fingerprint density at radius 1 is 1.17 bits per heavy atom. The predicted molar refractivity (Wildman–Crippen MR) is 130 cm³/mol. The minimum Gasteiger partial charge on any atom is -0.481 e. The average molecular weight is 505 g/mol. The lowest BCUT2D eigenvalue weighted by atomic mass is 9.45. The van der Waals surface area contributed by atoms with Gasteiger partial charge in [-0.25, -0.2) is 0 Å². The van der Waals surface area contributed by atoms with E-state index in [1.807, 2.05) is 6.92 Å². The maximum absolute atomic E-state index is 13.4. The van der Waals surface area contributed by atoms with Crippen LogP contribution in [0.2, 0.25) is 0 Å². The molecule has 36 heavy (non-hydrogen) atoms. The lowest BCUT2D eigenvalue weighted by Gasteiger charge is -2.60. The number of ether oxygens (including phenoxy) is 1. The van der Waals surface area contributed by atoms with E-state index in [0.717, 1.165) is 24.8 Å². The van der Waals surface area contributed by atoms with E-state index >= 15 is 0 Å². The molecule has 200 valence electrons. The SMILES string of the molecule is CCC(CCC(=O)O)C(=O)OCC(=O)[C@@]1(O)CC[C@H]2[C@@H]3CCC4=CC(=O)CC[C@]4(C)[C@H]3[C@@H](O)C[C@@]21C. The topological polar surface area (TPSA) is 138 Å². The Balaban J connectivity index is 1.49. The van der Waals surface area contributed by atoms with Crippen LogP contribution in [0.1, 0.15) is 85.0 Å². The molecule has 0 aliphatic heterocycles. The van der Waals surface area contributed by atoms with Gasteiger partial charge < -0.3 is 20.1 Å². The van der Waals surface area contributed by atoms with Crippen molar-refractivity contribution in [1.29, 1.82) is 0 Å². The molecule has 8 heteroatoms. The summed E-state index contributed by atoms with van der Waals surface area (Å²) < 4.78 is 5.28. The Morgan fingerprint density at radius 2 is 1.89 bits per heavy atom. The van der Waals surface area contributed by atoms with Crippen LogP contribution in [0.15, 0.2) is 11.6 Å². The van der Waals surface area contributed by atoms with Crippen LogP contribution < -0.4 is 0 Å². The summed E-state index contributed by atoms with van der Waals surface area (Å²) in [6, 6.07) is 0. The first kappa shape index (κ1) is 27.0. The van der Waals surface area contributed by atoms with Crippen LogP contribution in [0.25, 0.3) is 0 Å². The number of carboxylic acid groups (broad SMARTS) is 1. The van der Waals surface area contributed by atoms with Crippen LogP contribution in [0.3, 0.4) is 0 Å². The molecule has 4 aliphatic rings. The van der Waals surface area contributed by atoms with Gasteiger partial charge in [-0.05, 0) is 80.6 Å². The Labute approximate surface area is 212 Å². The smallest absolute Gasteiger partial charge is 0.309 e. The summed E-state index contributed by atoms with van der Waals surface area (Å²) in [7, 11) is 0. The van der Waals surface area contributed by atoms with E-state index in [9.17, 15) is 29.4 Å². The van der Waals surface area contributed by atoms with Crippen LogP contribution in [-0.2, 0) is 23.9 Å². The second-order valence-corrected chi connectivity index (χ2v) is 12.0. The number of allylic oxidation sites excluding steroid dienone is 1. The van der Waals surface area contributed by atoms with Gasteiger partial charge in [0.1, 0.15) is 5.60 Å². The fraction of sp³-hybridized carbons (Fsp3) is 0.786. The molecule has 0 aromatic carbocycles. The number of hydrogen-bond acceptors (Lipinski definition) is 7. The highest BCUT2D eigenvalue weighted by Crippen LogP contribution is 2.67. The molecule has 0 amide bonds. The zero-order valence-corrected chi connectivity index (χ0v) is 21.6. The number of hydrogen-bond donors (Lipinski definition) is 3. The molecule has 8 atom stereocenters. The van der Waals surface area contributed by atoms with Gasteiger partial charge in [0, 0.05) is 18.3 Å². The lowest BCUT2D eigenvalue weighted by molar-refractivity contribution is -0.185. The minimum absolute atomic E-state index is 0.0153. The van der Waals surface area contributed by atoms with Crippen molar-refractivity contribution in [3.63, 3.8) is 0 Å². The minimum atomic E-state index is -1.70. The second-order valence-electron chi connectivity index (χ2n) is 12.0. The Morgan fingerprint density at radius 3 is 2.56 bits per heavy atom. The Bertz CT molecular complexity index is 971. The summed E-state index contributed by atoms with van der Waals surface area (Å²) in [4.78, 5) is 48.8. The van der Waals surface area contributed by atoms with Crippen molar-refractivity contribution in [3.05, 3.63) is 11.6 Å². The number of fused-ring (bicyclic) bond motifs is 5. The normalized spacial score (nSPS) is 40.4. The number of carboxylic acids is 1. The number of ketones is 2. The third kappa shape index (κ3) is 4.24. The van der Waals surface area contributed by atoms with E-state index in [-0.39, 0.29) is 54.6 Å². The van der Waals surface area contributed by atoms with Crippen molar-refractivity contribution in [2.75, 3.05) is 6.61 Å². The number of aliphatic hydroxyl groups is 2. The fourth-order valence-electron chi connectivity index (χ4n) is 8.31. The van der Waals surface area contributed by atoms with Gasteiger partial charge >= 0.3 is 11.9 Å². The zero-order chi connectivity index (χ0) is 26.5. The molecule has 1 unspecified atom stereocenters. The van der Waals surface area contributed by atoms with Crippen molar-refractivity contribution in [2.45, 2.75) is 96.7 Å². The highest BCUT2D eigenvalue weighted by atomic mass is 16.5. The van der Waals surface area contributed by atoms with E-state index in [4.69, 9.17) is 9.84 Å². The quantitative estimate of drug-likeness (QED) is 0.428. The largest absolute Gasteiger partial charge is 0.481 e. The van der Waals surface area contributed by atoms with E-state index in [1.165, 1.54) is 0 Å². The second kappa shape index (κ2) is 9.67.